The average Bonchev–Trinajstić information content (AvgIpc) is 3.20. The number of aromatic nitrogens is 3. The zero-order valence-corrected chi connectivity index (χ0v) is 22.0. The van der Waals surface area contributed by atoms with Crippen molar-refractivity contribution in [3.63, 3.8) is 0 Å². The Labute approximate surface area is 208 Å². The van der Waals surface area contributed by atoms with Gasteiger partial charge in [0, 0.05) is 25.4 Å². The van der Waals surface area contributed by atoms with Gasteiger partial charge in [-0.15, -0.1) is 11.3 Å². The molecule has 35 heavy (non-hydrogen) atoms. The van der Waals surface area contributed by atoms with E-state index in [-0.39, 0.29) is 23.2 Å². The number of amides is 1. The molecule has 1 fully saturated rings. The summed E-state index contributed by atoms with van der Waals surface area (Å²) in [6.07, 6.45) is 2.19. The first kappa shape index (κ1) is 25.1. The van der Waals surface area contributed by atoms with Gasteiger partial charge in [0.1, 0.15) is 22.0 Å². The van der Waals surface area contributed by atoms with Gasteiger partial charge in [0.25, 0.3) is 5.16 Å². The second-order valence-electron chi connectivity index (χ2n) is 9.41. The highest BCUT2D eigenvalue weighted by Gasteiger charge is 2.30. The third kappa shape index (κ3) is 5.81. The molecule has 1 N–H and O–H groups in total. The van der Waals surface area contributed by atoms with Crippen LogP contribution in [0.3, 0.4) is 0 Å². The molecule has 1 atom stereocenters. The molecule has 188 valence electrons. The van der Waals surface area contributed by atoms with Crippen LogP contribution in [-0.4, -0.2) is 72.5 Å². The van der Waals surface area contributed by atoms with E-state index in [2.05, 4.69) is 15.3 Å². The molecule has 1 aliphatic heterocycles. The fraction of sp³-hybridized carbons (Fsp3) is 0.478. The summed E-state index contributed by atoms with van der Waals surface area (Å²) in [5.41, 5.74) is 0.693. The van der Waals surface area contributed by atoms with Crippen LogP contribution < -0.4 is 10.1 Å². The fourth-order valence-electron chi connectivity index (χ4n) is 3.79. The normalized spacial score (nSPS) is 16.8. The lowest BCUT2D eigenvalue weighted by Crippen LogP contribution is -2.47. The lowest BCUT2D eigenvalue weighted by molar-refractivity contribution is 0.0206. The molecular formula is C23H29N5O5S2. The zero-order chi connectivity index (χ0) is 25.4. The predicted molar refractivity (Wildman–Crippen MR) is 135 cm³/mol. The molecule has 0 spiro atoms. The number of methoxy groups -OCH3 is 1. The van der Waals surface area contributed by atoms with Gasteiger partial charge in [0.2, 0.25) is 15.7 Å². The minimum absolute atomic E-state index is 0.113. The summed E-state index contributed by atoms with van der Waals surface area (Å²) in [5.74, 6) is 0.411. The molecular weight excluding hydrogens is 490 g/mol. The minimum Gasteiger partial charge on any atom is -0.480 e. The molecule has 1 saturated heterocycles. The standard InChI is InChI=1S/C23H29N5O5S2/c1-23(2,3)33-22(29)28-12-8-9-14(13-28)24-18-17(19(32-4)27-21(26-18)35(5,30)31)20-25-15-10-6-7-11-16(15)34-20/h6-7,10-11,14H,8-9,12-13H2,1-5H3,(H,24,26,27)/t14-/m1/s1. The molecule has 12 heteroatoms. The second-order valence-corrected chi connectivity index (χ2v) is 12.3. The van der Waals surface area contributed by atoms with Crippen LogP contribution in [0.2, 0.25) is 0 Å². The third-order valence-electron chi connectivity index (χ3n) is 5.30. The van der Waals surface area contributed by atoms with Gasteiger partial charge in [-0.05, 0) is 45.7 Å². The molecule has 1 aliphatic rings. The van der Waals surface area contributed by atoms with Crippen molar-refractivity contribution < 1.29 is 22.7 Å². The molecule has 3 heterocycles. The number of nitrogens with zero attached hydrogens (tertiary/aromatic N) is 4. The number of benzene rings is 1. The van der Waals surface area contributed by atoms with Crippen LogP contribution in [0, 0.1) is 0 Å². The summed E-state index contributed by atoms with van der Waals surface area (Å²) in [4.78, 5) is 27.5. The molecule has 0 bridgehead atoms. The molecule has 0 unspecified atom stereocenters. The van der Waals surface area contributed by atoms with Crippen LogP contribution >= 0.6 is 11.3 Å². The number of anilines is 1. The van der Waals surface area contributed by atoms with E-state index in [1.807, 2.05) is 45.0 Å². The van der Waals surface area contributed by atoms with Crippen molar-refractivity contribution in [3.8, 4) is 16.5 Å². The Morgan fingerprint density at radius 3 is 2.60 bits per heavy atom. The Morgan fingerprint density at radius 1 is 1.20 bits per heavy atom. The first-order chi connectivity index (χ1) is 16.4. The Balaban J connectivity index is 1.73. The molecule has 0 radical (unpaired) electrons. The number of nitrogens with one attached hydrogen (secondary N) is 1. The summed E-state index contributed by atoms with van der Waals surface area (Å²) >= 11 is 1.44. The quantitative estimate of drug-likeness (QED) is 0.499. The summed E-state index contributed by atoms with van der Waals surface area (Å²) in [6.45, 7) is 6.45. The third-order valence-corrected chi connectivity index (χ3v) is 7.20. The number of fused-ring (bicyclic) bond motifs is 1. The largest absolute Gasteiger partial charge is 0.480 e. The number of hydrogen-bond donors (Lipinski definition) is 1. The molecule has 10 nitrogen and oxygen atoms in total. The van der Waals surface area contributed by atoms with Crippen molar-refractivity contribution in [1.82, 2.24) is 19.9 Å². The van der Waals surface area contributed by atoms with Crippen molar-refractivity contribution in [1.29, 1.82) is 0 Å². The van der Waals surface area contributed by atoms with E-state index in [0.29, 0.717) is 29.5 Å². The van der Waals surface area contributed by atoms with Crippen molar-refractivity contribution in [2.75, 3.05) is 31.8 Å². The van der Waals surface area contributed by atoms with Crippen molar-refractivity contribution in [2.24, 2.45) is 0 Å². The highest BCUT2D eigenvalue weighted by molar-refractivity contribution is 7.90. The maximum atomic E-state index is 12.6. The van der Waals surface area contributed by atoms with Gasteiger partial charge in [-0.25, -0.2) is 23.2 Å². The van der Waals surface area contributed by atoms with E-state index in [0.717, 1.165) is 29.3 Å². The molecule has 0 aliphatic carbocycles. The van der Waals surface area contributed by atoms with Gasteiger partial charge in [0.05, 0.1) is 17.3 Å². The topological polar surface area (TPSA) is 124 Å². The lowest BCUT2D eigenvalue weighted by Gasteiger charge is -2.34. The number of thiazole rings is 1. The fourth-order valence-corrected chi connectivity index (χ4v) is 5.30. The second kappa shape index (κ2) is 9.57. The van der Waals surface area contributed by atoms with E-state index in [9.17, 15) is 13.2 Å². The molecule has 4 rings (SSSR count). The highest BCUT2D eigenvalue weighted by Crippen LogP contribution is 2.40. The smallest absolute Gasteiger partial charge is 0.410 e. The van der Waals surface area contributed by atoms with E-state index in [1.54, 1.807) is 4.90 Å². The van der Waals surface area contributed by atoms with Crippen molar-refractivity contribution in [2.45, 2.75) is 50.4 Å². The van der Waals surface area contributed by atoms with Crippen LogP contribution in [0.5, 0.6) is 5.88 Å². The Hall–Kier alpha value is -2.99. The first-order valence-corrected chi connectivity index (χ1v) is 13.9. The number of likely N-dealkylation sites (tertiary alicyclic amines) is 1. The Kier molecular flexibility index (Phi) is 6.87. The number of para-hydroxylation sites is 1. The number of rotatable bonds is 5. The van der Waals surface area contributed by atoms with Crippen LogP contribution in [-0.2, 0) is 14.6 Å². The number of hydrogen-bond acceptors (Lipinski definition) is 10. The van der Waals surface area contributed by atoms with Gasteiger partial charge >= 0.3 is 6.09 Å². The van der Waals surface area contributed by atoms with Gasteiger partial charge in [-0.1, -0.05) is 12.1 Å². The molecule has 3 aromatic rings. The lowest BCUT2D eigenvalue weighted by atomic mass is 10.1. The van der Waals surface area contributed by atoms with Crippen LogP contribution in [0.15, 0.2) is 29.4 Å². The van der Waals surface area contributed by atoms with E-state index < -0.39 is 15.4 Å². The number of piperidine rings is 1. The Morgan fingerprint density at radius 2 is 1.94 bits per heavy atom. The van der Waals surface area contributed by atoms with Gasteiger partial charge in [0.15, 0.2) is 0 Å². The maximum absolute atomic E-state index is 12.6. The van der Waals surface area contributed by atoms with E-state index >= 15 is 0 Å². The van der Waals surface area contributed by atoms with Crippen LogP contribution in [0.25, 0.3) is 20.8 Å². The number of sulfone groups is 1. The first-order valence-electron chi connectivity index (χ1n) is 11.2. The summed E-state index contributed by atoms with van der Waals surface area (Å²) < 4.78 is 36.6. The monoisotopic (exact) mass is 519 g/mol. The number of carbonyl (C=O) groups is 1. The van der Waals surface area contributed by atoms with Crippen LogP contribution in [0.1, 0.15) is 33.6 Å². The summed E-state index contributed by atoms with van der Waals surface area (Å²) in [6, 6.07) is 7.51. The van der Waals surface area contributed by atoms with Crippen molar-refractivity contribution in [3.05, 3.63) is 24.3 Å². The summed E-state index contributed by atoms with van der Waals surface area (Å²) in [5, 5.41) is 3.61. The van der Waals surface area contributed by atoms with Gasteiger partial charge in [-0.2, -0.15) is 4.98 Å². The predicted octanol–water partition coefficient (Wildman–Crippen LogP) is 3.98. The minimum atomic E-state index is -3.71. The van der Waals surface area contributed by atoms with Crippen LogP contribution in [0.4, 0.5) is 10.6 Å². The number of ether oxygens (including phenoxy) is 2. The molecule has 0 saturated carbocycles. The van der Waals surface area contributed by atoms with E-state index in [4.69, 9.17) is 14.5 Å². The van der Waals surface area contributed by atoms with Gasteiger partial charge < -0.3 is 19.7 Å². The zero-order valence-electron chi connectivity index (χ0n) is 20.4. The average molecular weight is 520 g/mol. The number of carbonyl (C=O) groups excluding carboxylic acids is 1. The maximum Gasteiger partial charge on any atom is 0.410 e. The molecule has 1 aromatic carbocycles. The van der Waals surface area contributed by atoms with Gasteiger partial charge in [-0.3, -0.25) is 0 Å². The summed E-state index contributed by atoms with van der Waals surface area (Å²) in [7, 11) is -2.28. The molecule has 2 aromatic heterocycles. The Bertz CT molecular complexity index is 1320. The highest BCUT2D eigenvalue weighted by atomic mass is 32.2. The van der Waals surface area contributed by atoms with E-state index in [1.165, 1.54) is 18.4 Å². The SMILES string of the molecule is COc1nc(S(C)(=O)=O)nc(N[C@@H]2CCCN(C(=O)OC(C)(C)C)C2)c1-c1nc2ccccc2s1. The molecule has 1 amide bonds. The van der Waals surface area contributed by atoms with Crippen molar-refractivity contribution >= 4 is 43.3 Å².